The summed E-state index contributed by atoms with van der Waals surface area (Å²) >= 11 is 3.50. The van der Waals surface area contributed by atoms with Crippen LogP contribution in [0.2, 0.25) is 0 Å². The zero-order chi connectivity index (χ0) is 25.7. The SMILES string of the molecule is [2H]C([2H])([2H])[C@@H]1CN(c2ncnc3c(Br)cn(-c4ccccc4F)c23)[C@@H](C)CN1C(=O)OC(C)(C)C. The van der Waals surface area contributed by atoms with Crippen molar-refractivity contribution in [3.05, 3.63) is 47.1 Å². The molecule has 3 heterocycles. The zero-order valence-electron chi connectivity index (χ0n) is 21.3. The van der Waals surface area contributed by atoms with Gasteiger partial charge in [0.2, 0.25) is 0 Å². The number of fused-ring (bicyclic) bond motifs is 1. The number of rotatable bonds is 2. The van der Waals surface area contributed by atoms with Gasteiger partial charge in [-0.15, -0.1) is 0 Å². The molecule has 0 bridgehead atoms. The summed E-state index contributed by atoms with van der Waals surface area (Å²) in [5, 5.41) is 0. The number of hydrogen-bond donors (Lipinski definition) is 0. The van der Waals surface area contributed by atoms with Crippen molar-refractivity contribution in [2.45, 2.75) is 52.2 Å². The molecule has 0 unspecified atom stereocenters. The summed E-state index contributed by atoms with van der Waals surface area (Å²) in [6, 6.07) is 4.92. The Morgan fingerprint density at radius 2 is 2.00 bits per heavy atom. The summed E-state index contributed by atoms with van der Waals surface area (Å²) in [5.74, 6) is 0.0319. The van der Waals surface area contributed by atoms with Gasteiger partial charge in [0.1, 0.15) is 28.8 Å². The Morgan fingerprint density at radius 1 is 1.25 bits per heavy atom. The van der Waals surface area contributed by atoms with Crippen LogP contribution >= 0.6 is 15.9 Å². The average Bonchev–Trinajstić information content (AvgIpc) is 3.08. The highest BCUT2D eigenvalue weighted by Crippen LogP contribution is 2.35. The summed E-state index contributed by atoms with van der Waals surface area (Å²) in [6.45, 7) is 4.74. The molecule has 0 N–H and O–H groups in total. The summed E-state index contributed by atoms with van der Waals surface area (Å²) in [5.41, 5.74) is 0.645. The number of halogens is 2. The van der Waals surface area contributed by atoms with Crippen LogP contribution in [0.1, 0.15) is 38.7 Å². The Kier molecular flexibility index (Phi) is 4.92. The molecule has 1 aromatic carbocycles. The standard InChI is InChI=1S/C23H27BrFN5O2/c1-14-11-29(22(31)32-23(3,4)5)15(2)10-28(14)21-20-19(26-13-27-21)16(24)12-30(20)18-9-7-6-8-17(18)25/h6-9,12-15H,10-11H2,1-5H3/t14-,15+/m0/s1/i2D3. The van der Waals surface area contributed by atoms with Gasteiger partial charge in [0.25, 0.3) is 0 Å². The van der Waals surface area contributed by atoms with Crippen LogP contribution in [0.25, 0.3) is 16.7 Å². The van der Waals surface area contributed by atoms with Crippen molar-refractivity contribution in [3.63, 3.8) is 0 Å². The van der Waals surface area contributed by atoms with Gasteiger partial charge in [-0.2, -0.15) is 0 Å². The predicted molar refractivity (Wildman–Crippen MR) is 126 cm³/mol. The van der Waals surface area contributed by atoms with Gasteiger partial charge in [-0.3, -0.25) is 0 Å². The van der Waals surface area contributed by atoms with Gasteiger partial charge >= 0.3 is 6.09 Å². The van der Waals surface area contributed by atoms with Crippen molar-refractivity contribution in [1.29, 1.82) is 0 Å². The number of carbonyl (C=O) groups is 1. The first-order chi connectivity index (χ1) is 16.3. The summed E-state index contributed by atoms with van der Waals surface area (Å²) < 4.78 is 46.9. The van der Waals surface area contributed by atoms with E-state index in [1.54, 1.807) is 49.7 Å². The number of amides is 1. The van der Waals surface area contributed by atoms with Crippen LogP contribution in [-0.2, 0) is 4.74 Å². The number of aromatic nitrogens is 3. The van der Waals surface area contributed by atoms with Crippen LogP contribution in [0.5, 0.6) is 0 Å². The molecule has 2 aromatic heterocycles. The molecule has 0 saturated carbocycles. The molecule has 2 atom stereocenters. The van der Waals surface area contributed by atoms with E-state index in [4.69, 9.17) is 8.85 Å². The molecule has 0 radical (unpaired) electrons. The normalized spacial score (nSPS) is 21.2. The van der Waals surface area contributed by atoms with Gasteiger partial charge in [-0.05, 0) is 62.6 Å². The van der Waals surface area contributed by atoms with Crippen molar-refractivity contribution in [1.82, 2.24) is 19.4 Å². The molecule has 4 rings (SSSR count). The minimum atomic E-state index is -2.46. The number of piperazine rings is 1. The molecule has 9 heteroatoms. The van der Waals surface area contributed by atoms with E-state index in [1.807, 2.05) is 11.8 Å². The molecule has 7 nitrogen and oxygen atoms in total. The third kappa shape index (κ3) is 4.18. The lowest BCUT2D eigenvalue weighted by Crippen LogP contribution is -2.59. The Balaban J connectivity index is 1.81. The molecule has 1 saturated heterocycles. The van der Waals surface area contributed by atoms with E-state index in [1.165, 1.54) is 17.3 Å². The molecule has 0 spiro atoms. The van der Waals surface area contributed by atoms with E-state index < -0.39 is 30.4 Å². The van der Waals surface area contributed by atoms with Gasteiger partial charge in [-0.1, -0.05) is 12.1 Å². The number of nitrogens with zero attached hydrogens (tertiary/aromatic N) is 5. The fourth-order valence-corrected chi connectivity index (χ4v) is 4.34. The maximum atomic E-state index is 14.7. The number of para-hydroxylation sites is 1. The smallest absolute Gasteiger partial charge is 0.410 e. The van der Waals surface area contributed by atoms with Crippen molar-refractivity contribution in [2.75, 3.05) is 18.0 Å². The van der Waals surface area contributed by atoms with Gasteiger partial charge in [0.15, 0.2) is 5.82 Å². The van der Waals surface area contributed by atoms with Gasteiger partial charge in [0, 0.05) is 35.5 Å². The van der Waals surface area contributed by atoms with E-state index in [0.29, 0.717) is 27.0 Å². The van der Waals surface area contributed by atoms with Crippen molar-refractivity contribution >= 4 is 38.9 Å². The minimum absolute atomic E-state index is 0.0108. The number of carbonyl (C=O) groups excluding carboxylic acids is 1. The van der Waals surface area contributed by atoms with Crippen LogP contribution < -0.4 is 4.90 Å². The lowest BCUT2D eigenvalue weighted by molar-refractivity contribution is 0.0130. The van der Waals surface area contributed by atoms with E-state index in [-0.39, 0.29) is 19.1 Å². The lowest BCUT2D eigenvalue weighted by atomic mass is 10.1. The van der Waals surface area contributed by atoms with Crippen LogP contribution in [0, 0.1) is 5.82 Å². The predicted octanol–water partition coefficient (Wildman–Crippen LogP) is 5.16. The fourth-order valence-electron chi connectivity index (χ4n) is 3.85. The Morgan fingerprint density at radius 3 is 2.69 bits per heavy atom. The average molecular weight is 507 g/mol. The molecule has 32 heavy (non-hydrogen) atoms. The van der Waals surface area contributed by atoms with E-state index in [0.717, 1.165) is 0 Å². The molecule has 3 aromatic rings. The highest BCUT2D eigenvalue weighted by Gasteiger charge is 2.36. The third-order valence-corrected chi connectivity index (χ3v) is 5.84. The highest BCUT2D eigenvalue weighted by atomic mass is 79.9. The molecule has 1 aliphatic rings. The molecule has 170 valence electrons. The first-order valence-corrected chi connectivity index (χ1v) is 11.1. The molecule has 1 amide bonds. The van der Waals surface area contributed by atoms with Crippen LogP contribution in [0.4, 0.5) is 15.0 Å². The van der Waals surface area contributed by atoms with E-state index in [2.05, 4.69) is 25.9 Å². The molecular weight excluding hydrogens is 477 g/mol. The van der Waals surface area contributed by atoms with Crippen molar-refractivity contribution in [3.8, 4) is 5.69 Å². The summed E-state index contributed by atoms with van der Waals surface area (Å²) in [7, 11) is 0. The maximum absolute atomic E-state index is 14.7. The van der Waals surface area contributed by atoms with Crippen molar-refractivity contribution in [2.24, 2.45) is 0 Å². The quantitative estimate of drug-likeness (QED) is 0.480. The maximum Gasteiger partial charge on any atom is 0.410 e. The second-order valence-electron chi connectivity index (χ2n) is 8.84. The Bertz CT molecular complexity index is 1260. The fraction of sp³-hybridized carbons (Fsp3) is 0.435. The second kappa shape index (κ2) is 8.35. The first-order valence-electron chi connectivity index (χ1n) is 11.8. The van der Waals surface area contributed by atoms with Crippen LogP contribution in [0.3, 0.4) is 0 Å². The minimum Gasteiger partial charge on any atom is -0.444 e. The van der Waals surface area contributed by atoms with Crippen LogP contribution in [0.15, 0.2) is 41.3 Å². The van der Waals surface area contributed by atoms with Crippen LogP contribution in [-0.4, -0.2) is 56.3 Å². The lowest BCUT2D eigenvalue weighted by Gasteiger charge is -2.44. The monoisotopic (exact) mass is 506 g/mol. The molecular formula is C23H27BrFN5O2. The zero-order valence-corrected chi connectivity index (χ0v) is 19.9. The van der Waals surface area contributed by atoms with E-state index in [9.17, 15) is 9.18 Å². The van der Waals surface area contributed by atoms with Gasteiger partial charge < -0.3 is 19.1 Å². The van der Waals surface area contributed by atoms with E-state index >= 15 is 0 Å². The summed E-state index contributed by atoms with van der Waals surface area (Å²) in [6.07, 6.45) is 2.44. The summed E-state index contributed by atoms with van der Waals surface area (Å²) in [4.78, 5) is 24.9. The second-order valence-corrected chi connectivity index (χ2v) is 9.70. The number of anilines is 1. The molecule has 1 aliphatic heterocycles. The Labute approximate surface area is 199 Å². The molecule has 0 aliphatic carbocycles. The van der Waals surface area contributed by atoms with Crippen molar-refractivity contribution < 1.29 is 18.0 Å². The highest BCUT2D eigenvalue weighted by molar-refractivity contribution is 9.10. The number of ether oxygens (including phenoxy) is 1. The third-order valence-electron chi connectivity index (χ3n) is 5.26. The van der Waals surface area contributed by atoms with Gasteiger partial charge in [-0.25, -0.2) is 19.2 Å². The topological polar surface area (TPSA) is 63.5 Å². The number of benzene rings is 1. The Hall–Kier alpha value is -2.68. The van der Waals surface area contributed by atoms with Gasteiger partial charge in [0.05, 0.1) is 10.2 Å². The molecule has 1 fully saturated rings. The largest absolute Gasteiger partial charge is 0.444 e. The number of hydrogen-bond acceptors (Lipinski definition) is 5. The first kappa shape index (κ1) is 18.8.